The van der Waals surface area contributed by atoms with Crippen molar-refractivity contribution in [2.75, 3.05) is 13.1 Å². The zero-order valence-corrected chi connectivity index (χ0v) is 9.88. The SMILES string of the molecule is CC.CCc1ccc(C2(O)CNC2)cc1. The van der Waals surface area contributed by atoms with Gasteiger partial charge < -0.3 is 10.4 Å². The van der Waals surface area contributed by atoms with E-state index in [0.717, 1.165) is 12.0 Å². The number of rotatable bonds is 2. The van der Waals surface area contributed by atoms with Crippen LogP contribution in [0.3, 0.4) is 0 Å². The molecular weight excluding hydrogens is 186 g/mol. The minimum atomic E-state index is -0.605. The maximum Gasteiger partial charge on any atom is 0.114 e. The van der Waals surface area contributed by atoms with Crippen LogP contribution in [0.1, 0.15) is 31.9 Å². The largest absolute Gasteiger partial charge is 0.382 e. The molecule has 1 heterocycles. The molecule has 15 heavy (non-hydrogen) atoms. The summed E-state index contributed by atoms with van der Waals surface area (Å²) < 4.78 is 0. The lowest BCUT2D eigenvalue weighted by Gasteiger charge is -2.38. The number of benzene rings is 1. The highest BCUT2D eigenvalue weighted by atomic mass is 16.3. The molecule has 1 aromatic rings. The maximum absolute atomic E-state index is 9.98. The predicted octanol–water partition coefficient (Wildman–Crippen LogP) is 2.07. The van der Waals surface area contributed by atoms with Gasteiger partial charge >= 0.3 is 0 Å². The summed E-state index contributed by atoms with van der Waals surface area (Å²) in [5.41, 5.74) is 1.75. The molecule has 0 saturated carbocycles. The van der Waals surface area contributed by atoms with Crippen molar-refractivity contribution in [3.63, 3.8) is 0 Å². The third kappa shape index (κ3) is 2.58. The van der Waals surface area contributed by atoms with E-state index in [9.17, 15) is 5.11 Å². The van der Waals surface area contributed by atoms with Crippen LogP contribution in [0.25, 0.3) is 0 Å². The van der Waals surface area contributed by atoms with E-state index in [1.165, 1.54) is 5.56 Å². The standard InChI is InChI=1S/C11H15NO.C2H6/c1-2-9-3-5-10(6-4-9)11(13)7-12-8-11;1-2/h3-6,12-13H,2,7-8H2,1H3;1-2H3. The molecule has 1 saturated heterocycles. The normalized spacial score (nSPS) is 17.3. The Morgan fingerprint density at radius 2 is 1.73 bits per heavy atom. The molecule has 0 radical (unpaired) electrons. The molecular formula is C13H21NO. The van der Waals surface area contributed by atoms with Crippen LogP contribution in [0.4, 0.5) is 0 Å². The molecule has 0 aliphatic carbocycles. The number of hydrogen-bond acceptors (Lipinski definition) is 2. The van der Waals surface area contributed by atoms with E-state index < -0.39 is 5.60 Å². The number of nitrogens with one attached hydrogen (secondary N) is 1. The quantitative estimate of drug-likeness (QED) is 0.778. The van der Waals surface area contributed by atoms with E-state index in [4.69, 9.17) is 0 Å². The number of hydrogen-bond donors (Lipinski definition) is 2. The van der Waals surface area contributed by atoms with Crippen LogP contribution in [-0.2, 0) is 12.0 Å². The third-order valence-electron chi connectivity index (χ3n) is 2.73. The highest BCUT2D eigenvalue weighted by molar-refractivity contribution is 5.29. The predicted molar refractivity (Wildman–Crippen MR) is 63.9 cm³/mol. The fraction of sp³-hybridized carbons (Fsp3) is 0.538. The Balaban J connectivity index is 0.000000531. The molecule has 0 amide bonds. The van der Waals surface area contributed by atoms with Crippen LogP contribution in [0, 0.1) is 0 Å². The van der Waals surface area contributed by atoms with Crippen molar-refractivity contribution in [2.45, 2.75) is 32.8 Å². The first-order chi connectivity index (χ1) is 7.24. The van der Waals surface area contributed by atoms with E-state index in [1.54, 1.807) is 0 Å². The van der Waals surface area contributed by atoms with Gasteiger partial charge in [0.2, 0.25) is 0 Å². The second-order valence-electron chi connectivity index (χ2n) is 3.69. The molecule has 1 aliphatic rings. The molecule has 0 aromatic heterocycles. The minimum Gasteiger partial charge on any atom is -0.382 e. The molecule has 2 nitrogen and oxygen atoms in total. The molecule has 0 spiro atoms. The first-order valence-electron chi connectivity index (χ1n) is 5.77. The summed E-state index contributed by atoms with van der Waals surface area (Å²) >= 11 is 0. The summed E-state index contributed by atoms with van der Waals surface area (Å²) in [7, 11) is 0. The summed E-state index contributed by atoms with van der Waals surface area (Å²) in [4.78, 5) is 0. The summed E-state index contributed by atoms with van der Waals surface area (Å²) in [6, 6.07) is 8.23. The van der Waals surface area contributed by atoms with Gasteiger partial charge in [0.05, 0.1) is 0 Å². The first-order valence-corrected chi connectivity index (χ1v) is 5.77. The number of β-amino-alcohol motifs (C(OH)–C–C–N with tert-alkyl or cyclic N) is 1. The molecule has 0 bridgehead atoms. The Kier molecular flexibility index (Phi) is 4.30. The number of aryl methyl sites for hydroxylation is 1. The summed E-state index contributed by atoms with van der Waals surface area (Å²) in [6.07, 6.45) is 1.05. The monoisotopic (exact) mass is 207 g/mol. The van der Waals surface area contributed by atoms with E-state index in [0.29, 0.717) is 13.1 Å². The lowest BCUT2D eigenvalue weighted by atomic mass is 9.88. The van der Waals surface area contributed by atoms with E-state index >= 15 is 0 Å². The molecule has 84 valence electrons. The third-order valence-corrected chi connectivity index (χ3v) is 2.73. The average molecular weight is 207 g/mol. The molecule has 1 aliphatic heterocycles. The van der Waals surface area contributed by atoms with Gasteiger partial charge in [-0.05, 0) is 17.5 Å². The van der Waals surface area contributed by atoms with E-state index in [-0.39, 0.29) is 0 Å². The Hall–Kier alpha value is -0.860. The second kappa shape index (κ2) is 5.29. The zero-order valence-electron chi connectivity index (χ0n) is 9.88. The van der Waals surface area contributed by atoms with Gasteiger partial charge in [0.25, 0.3) is 0 Å². The highest BCUT2D eigenvalue weighted by Crippen LogP contribution is 2.25. The van der Waals surface area contributed by atoms with Crippen molar-refractivity contribution < 1.29 is 5.11 Å². The minimum absolute atomic E-state index is 0.605. The van der Waals surface area contributed by atoms with Gasteiger partial charge in [0.15, 0.2) is 0 Å². The molecule has 1 fully saturated rings. The molecule has 0 unspecified atom stereocenters. The molecule has 2 rings (SSSR count). The first kappa shape index (κ1) is 12.2. The zero-order chi connectivity index (χ0) is 11.3. The van der Waals surface area contributed by atoms with Crippen molar-refractivity contribution in [1.82, 2.24) is 5.32 Å². The van der Waals surface area contributed by atoms with Crippen molar-refractivity contribution in [3.05, 3.63) is 35.4 Å². The van der Waals surface area contributed by atoms with Crippen LogP contribution in [0.2, 0.25) is 0 Å². The van der Waals surface area contributed by atoms with Gasteiger partial charge in [-0.25, -0.2) is 0 Å². The molecule has 2 heteroatoms. The van der Waals surface area contributed by atoms with Crippen molar-refractivity contribution in [3.8, 4) is 0 Å². The van der Waals surface area contributed by atoms with Crippen LogP contribution in [0.15, 0.2) is 24.3 Å². The molecule has 2 N–H and O–H groups in total. The molecule has 1 aromatic carbocycles. The second-order valence-corrected chi connectivity index (χ2v) is 3.69. The van der Waals surface area contributed by atoms with Gasteiger partial charge in [0, 0.05) is 13.1 Å². The Morgan fingerprint density at radius 3 is 2.07 bits per heavy atom. The van der Waals surface area contributed by atoms with Crippen molar-refractivity contribution in [1.29, 1.82) is 0 Å². The lowest BCUT2D eigenvalue weighted by Crippen LogP contribution is -2.56. The fourth-order valence-electron chi connectivity index (χ4n) is 1.62. The topological polar surface area (TPSA) is 32.3 Å². The summed E-state index contributed by atoms with van der Waals surface area (Å²) in [5.74, 6) is 0. The average Bonchev–Trinajstić information content (AvgIpc) is 2.29. The van der Waals surface area contributed by atoms with Crippen LogP contribution in [0.5, 0.6) is 0 Å². The van der Waals surface area contributed by atoms with E-state index in [1.807, 2.05) is 26.0 Å². The van der Waals surface area contributed by atoms with Gasteiger partial charge in [-0.3, -0.25) is 0 Å². The van der Waals surface area contributed by atoms with Crippen molar-refractivity contribution >= 4 is 0 Å². The number of aliphatic hydroxyl groups is 1. The van der Waals surface area contributed by atoms with Gasteiger partial charge in [-0.1, -0.05) is 45.0 Å². The Morgan fingerprint density at radius 1 is 1.20 bits per heavy atom. The van der Waals surface area contributed by atoms with Crippen LogP contribution in [-0.4, -0.2) is 18.2 Å². The van der Waals surface area contributed by atoms with Gasteiger partial charge in [-0.2, -0.15) is 0 Å². The Labute approximate surface area is 92.3 Å². The fourth-order valence-corrected chi connectivity index (χ4v) is 1.62. The molecule has 0 atom stereocenters. The Bertz CT molecular complexity index is 288. The van der Waals surface area contributed by atoms with Crippen LogP contribution >= 0.6 is 0 Å². The smallest absolute Gasteiger partial charge is 0.114 e. The summed E-state index contributed by atoms with van der Waals surface area (Å²) in [6.45, 7) is 7.49. The summed E-state index contributed by atoms with van der Waals surface area (Å²) in [5, 5.41) is 13.1. The van der Waals surface area contributed by atoms with Gasteiger partial charge in [0.1, 0.15) is 5.60 Å². The van der Waals surface area contributed by atoms with Crippen molar-refractivity contribution in [2.24, 2.45) is 0 Å². The maximum atomic E-state index is 9.98. The van der Waals surface area contributed by atoms with E-state index in [2.05, 4.69) is 24.4 Å². The lowest BCUT2D eigenvalue weighted by molar-refractivity contribution is -0.0146. The van der Waals surface area contributed by atoms with Gasteiger partial charge in [-0.15, -0.1) is 0 Å². The van der Waals surface area contributed by atoms with Crippen LogP contribution < -0.4 is 5.32 Å². The highest BCUT2D eigenvalue weighted by Gasteiger charge is 2.35.